The number of benzene rings is 3. The van der Waals surface area contributed by atoms with Crippen molar-refractivity contribution < 1.29 is 18.7 Å². The van der Waals surface area contributed by atoms with Crippen LogP contribution < -0.4 is 19.7 Å². The minimum atomic E-state index is -0.248. The third-order valence-corrected chi connectivity index (χ3v) is 6.95. The van der Waals surface area contributed by atoms with Gasteiger partial charge in [-0.3, -0.25) is 4.79 Å². The van der Waals surface area contributed by atoms with E-state index in [1.807, 2.05) is 48.5 Å². The first-order valence-corrected chi connectivity index (χ1v) is 12.5. The van der Waals surface area contributed by atoms with Crippen LogP contribution >= 0.6 is 0 Å². The van der Waals surface area contributed by atoms with Gasteiger partial charge in [-0.05, 0) is 48.7 Å². The monoisotopic (exact) mass is 502 g/mol. The van der Waals surface area contributed by atoms with E-state index in [1.54, 1.807) is 26.4 Å². The third kappa shape index (κ3) is 5.23. The van der Waals surface area contributed by atoms with Crippen molar-refractivity contribution in [2.45, 2.75) is 25.9 Å². The second-order valence-corrected chi connectivity index (χ2v) is 9.25. The van der Waals surface area contributed by atoms with E-state index >= 15 is 0 Å². The van der Waals surface area contributed by atoms with Crippen LogP contribution in [0.15, 0.2) is 66.7 Å². The molecule has 0 spiro atoms. The van der Waals surface area contributed by atoms with Gasteiger partial charge >= 0.3 is 0 Å². The van der Waals surface area contributed by atoms with Crippen molar-refractivity contribution >= 4 is 22.9 Å². The van der Waals surface area contributed by atoms with Crippen molar-refractivity contribution in [3.05, 3.63) is 83.7 Å². The molecule has 4 aromatic rings. The maximum atomic E-state index is 13.8. The molecule has 1 aromatic heterocycles. The molecule has 0 bridgehead atoms. The predicted octanol–water partition coefficient (Wildman–Crippen LogP) is 4.77. The first-order valence-electron chi connectivity index (χ1n) is 12.5. The molecule has 5 rings (SSSR count). The Morgan fingerprint density at radius 2 is 1.81 bits per heavy atom. The van der Waals surface area contributed by atoms with Gasteiger partial charge in [0.05, 0.1) is 31.8 Å². The molecule has 37 heavy (non-hydrogen) atoms. The maximum Gasteiger partial charge on any atom is 0.223 e. The smallest absolute Gasteiger partial charge is 0.223 e. The van der Waals surface area contributed by atoms with E-state index in [9.17, 15) is 9.18 Å². The van der Waals surface area contributed by atoms with Gasteiger partial charge in [0.1, 0.15) is 5.82 Å². The van der Waals surface area contributed by atoms with E-state index in [1.165, 1.54) is 6.07 Å². The molecular formula is C29H31FN4O3. The minimum Gasteiger partial charge on any atom is -0.493 e. The van der Waals surface area contributed by atoms with Gasteiger partial charge < -0.3 is 24.3 Å². The topological polar surface area (TPSA) is 68.6 Å². The van der Waals surface area contributed by atoms with E-state index in [0.29, 0.717) is 37.7 Å². The van der Waals surface area contributed by atoms with Crippen LogP contribution in [-0.4, -0.2) is 42.8 Å². The second-order valence-electron chi connectivity index (χ2n) is 9.25. The number of amides is 1. The van der Waals surface area contributed by atoms with E-state index in [0.717, 1.165) is 41.0 Å². The first-order chi connectivity index (χ1) is 18.1. The highest BCUT2D eigenvalue weighted by Crippen LogP contribution is 2.31. The molecular weight excluding hydrogens is 471 g/mol. The number of rotatable bonds is 8. The van der Waals surface area contributed by atoms with E-state index in [2.05, 4.69) is 14.8 Å². The Kier molecular flexibility index (Phi) is 7.25. The van der Waals surface area contributed by atoms with Gasteiger partial charge in [0.2, 0.25) is 11.9 Å². The normalized spacial score (nSPS) is 14.1. The van der Waals surface area contributed by atoms with E-state index in [-0.39, 0.29) is 17.6 Å². The average molecular weight is 503 g/mol. The highest BCUT2D eigenvalue weighted by atomic mass is 19.1. The Balaban J connectivity index is 1.27. The molecule has 1 N–H and O–H groups in total. The number of fused-ring (bicyclic) bond motifs is 1. The number of methoxy groups -OCH3 is 2. The summed E-state index contributed by atoms with van der Waals surface area (Å²) in [7, 11) is 3.20. The van der Waals surface area contributed by atoms with Crippen LogP contribution in [0.5, 0.6) is 11.5 Å². The Hall–Kier alpha value is -4.07. The Morgan fingerprint density at radius 3 is 2.57 bits per heavy atom. The molecule has 0 aliphatic carbocycles. The number of hydrogen-bond acceptors (Lipinski definition) is 5. The number of para-hydroxylation sites is 3. The molecule has 1 aliphatic rings. The van der Waals surface area contributed by atoms with Crippen LogP contribution in [0.1, 0.15) is 24.0 Å². The number of imidazole rings is 1. The van der Waals surface area contributed by atoms with Crippen molar-refractivity contribution in [2.24, 2.45) is 5.92 Å². The zero-order valence-electron chi connectivity index (χ0n) is 21.1. The van der Waals surface area contributed by atoms with Crippen molar-refractivity contribution in [3.63, 3.8) is 0 Å². The molecule has 0 unspecified atom stereocenters. The average Bonchev–Trinajstić information content (AvgIpc) is 3.29. The van der Waals surface area contributed by atoms with Crippen LogP contribution in [-0.2, 0) is 17.9 Å². The van der Waals surface area contributed by atoms with Crippen LogP contribution in [0, 0.1) is 11.7 Å². The summed E-state index contributed by atoms with van der Waals surface area (Å²) < 4.78 is 26.8. The predicted molar refractivity (Wildman–Crippen MR) is 142 cm³/mol. The number of anilines is 1. The summed E-state index contributed by atoms with van der Waals surface area (Å²) in [4.78, 5) is 20.1. The molecule has 1 saturated heterocycles. The van der Waals surface area contributed by atoms with Gasteiger partial charge in [-0.2, -0.15) is 0 Å². The molecule has 1 amide bonds. The van der Waals surface area contributed by atoms with Crippen LogP contribution in [0.3, 0.4) is 0 Å². The molecule has 8 heteroatoms. The summed E-state index contributed by atoms with van der Waals surface area (Å²) in [6, 6.07) is 20.3. The molecule has 0 radical (unpaired) electrons. The SMILES string of the molecule is COc1cccc(CNC(=O)C2CCN(c3nc4ccccc4n3Cc3cccc(F)c3)CC2)c1OC. The largest absolute Gasteiger partial charge is 0.493 e. The highest BCUT2D eigenvalue weighted by Gasteiger charge is 2.28. The lowest BCUT2D eigenvalue weighted by molar-refractivity contribution is -0.125. The quantitative estimate of drug-likeness (QED) is 0.376. The standard InChI is InChI=1S/C29H31FN4O3/c1-36-26-12-6-8-22(27(26)37-2)18-31-28(35)21-13-15-33(16-14-21)29-32-24-10-3-4-11-25(24)34(29)19-20-7-5-9-23(30)17-20/h3-12,17,21H,13-16,18-19H2,1-2H3,(H,31,35). The Labute approximate surface area is 215 Å². The molecule has 1 fully saturated rings. The fraction of sp³-hybridized carbons (Fsp3) is 0.310. The maximum absolute atomic E-state index is 13.8. The minimum absolute atomic E-state index is 0.0396. The van der Waals surface area contributed by atoms with Crippen molar-refractivity contribution in [2.75, 3.05) is 32.2 Å². The fourth-order valence-corrected chi connectivity index (χ4v) is 5.04. The summed E-state index contributed by atoms with van der Waals surface area (Å²) in [5.74, 6) is 1.85. The summed E-state index contributed by atoms with van der Waals surface area (Å²) in [6.45, 7) is 2.33. The van der Waals surface area contributed by atoms with Crippen molar-refractivity contribution in [1.82, 2.24) is 14.9 Å². The van der Waals surface area contributed by atoms with Gasteiger partial charge in [-0.25, -0.2) is 9.37 Å². The first kappa shape index (κ1) is 24.6. The Bertz CT molecular complexity index is 1400. The summed E-state index contributed by atoms with van der Waals surface area (Å²) in [6.07, 6.45) is 1.45. The number of piperidine rings is 1. The Morgan fingerprint density at radius 1 is 1.03 bits per heavy atom. The van der Waals surface area contributed by atoms with Gasteiger partial charge in [-0.1, -0.05) is 36.4 Å². The number of nitrogens with one attached hydrogen (secondary N) is 1. The van der Waals surface area contributed by atoms with Gasteiger partial charge in [0.25, 0.3) is 0 Å². The number of carbonyl (C=O) groups excluding carboxylic acids is 1. The van der Waals surface area contributed by atoms with Crippen molar-refractivity contribution in [1.29, 1.82) is 0 Å². The van der Waals surface area contributed by atoms with Crippen molar-refractivity contribution in [3.8, 4) is 11.5 Å². The molecule has 3 aromatic carbocycles. The molecule has 1 aliphatic heterocycles. The summed E-state index contributed by atoms with van der Waals surface area (Å²) >= 11 is 0. The highest BCUT2D eigenvalue weighted by molar-refractivity contribution is 5.80. The molecule has 192 valence electrons. The van der Waals surface area contributed by atoms with Crippen LogP contribution in [0.25, 0.3) is 11.0 Å². The number of halogens is 1. The zero-order chi connectivity index (χ0) is 25.8. The molecule has 7 nitrogen and oxygen atoms in total. The summed E-state index contributed by atoms with van der Waals surface area (Å²) in [5, 5.41) is 3.07. The number of aromatic nitrogens is 2. The number of nitrogens with zero attached hydrogens (tertiary/aromatic N) is 3. The number of hydrogen-bond donors (Lipinski definition) is 1. The second kappa shape index (κ2) is 10.9. The molecule has 0 atom stereocenters. The number of carbonyl (C=O) groups is 1. The third-order valence-electron chi connectivity index (χ3n) is 6.95. The number of ether oxygens (including phenoxy) is 2. The van der Waals surface area contributed by atoms with Gasteiger partial charge in [-0.15, -0.1) is 0 Å². The van der Waals surface area contributed by atoms with E-state index in [4.69, 9.17) is 14.5 Å². The van der Waals surface area contributed by atoms with Gasteiger partial charge in [0, 0.05) is 31.1 Å². The van der Waals surface area contributed by atoms with Gasteiger partial charge in [0.15, 0.2) is 11.5 Å². The van der Waals surface area contributed by atoms with E-state index < -0.39 is 0 Å². The molecule has 0 saturated carbocycles. The summed E-state index contributed by atoms with van der Waals surface area (Å²) in [5.41, 5.74) is 3.67. The zero-order valence-corrected chi connectivity index (χ0v) is 21.1. The lowest BCUT2D eigenvalue weighted by Gasteiger charge is -2.32. The van der Waals surface area contributed by atoms with Crippen LogP contribution in [0.4, 0.5) is 10.3 Å². The fourth-order valence-electron chi connectivity index (χ4n) is 5.04. The van der Waals surface area contributed by atoms with Crippen LogP contribution in [0.2, 0.25) is 0 Å². The lowest BCUT2D eigenvalue weighted by Crippen LogP contribution is -2.41. The molecule has 2 heterocycles. The lowest BCUT2D eigenvalue weighted by atomic mass is 9.96.